The summed E-state index contributed by atoms with van der Waals surface area (Å²) < 4.78 is 5.70. The van der Waals surface area contributed by atoms with Gasteiger partial charge in [-0.15, -0.1) is 0 Å². The number of anilines is 4. The molecule has 160 valence electrons. The summed E-state index contributed by atoms with van der Waals surface area (Å²) in [5.41, 5.74) is 7.82. The predicted molar refractivity (Wildman–Crippen MR) is 121 cm³/mol. The van der Waals surface area contributed by atoms with Gasteiger partial charge in [0, 0.05) is 19.7 Å². The fourth-order valence-electron chi connectivity index (χ4n) is 2.57. The summed E-state index contributed by atoms with van der Waals surface area (Å²) in [6, 6.07) is 7.29. The van der Waals surface area contributed by atoms with Crippen LogP contribution in [0.2, 0.25) is 0 Å². The number of benzene rings is 1. The summed E-state index contributed by atoms with van der Waals surface area (Å²) in [6.07, 6.45) is 7.26. The Kier molecular flexibility index (Phi) is 8.76. The van der Waals surface area contributed by atoms with Crippen LogP contribution in [0.25, 0.3) is 0 Å². The van der Waals surface area contributed by atoms with Gasteiger partial charge in [0.15, 0.2) is 5.82 Å². The van der Waals surface area contributed by atoms with Crippen LogP contribution >= 0.6 is 0 Å². The van der Waals surface area contributed by atoms with Gasteiger partial charge in [0.05, 0.1) is 29.9 Å². The van der Waals surface area contributed by atoms with Gasteiger partial charge in [0.2, 0.25) is 5.95 Å². The van der Waals surface area contributed by atoms with Crippen LogP contribution in [0.1, 0.15) is 33.1 Å². The first kappa shape index (κ1) is 22.8. The number of nitrogens with one attached hydrogen (secondary N) is 1. The highest BCUT2D eigenvalue weighted by Crippen LogP contribution is 2.27. The number of Topliss-reactive ketones (excluding diaryl/α,β-unsaturated/α-hetero) is 1. The number of hydrazine groups is 1. The van der Waals surface area contributed by atoms with E-state index in [1.165, 1.54) is 11.2 Å². The maximum atomic E-state index is 10.9. The lowest BCUT2D eigenvalue weighted by Gasteiger charge is -2.20. The van der Waals surface area contributed by atoms with Gasteiger partial charge in [-0.3, -0.25) is 10.0 Å². The molecule has 0 spiro atoms. The third-order valence-corrected chi connectivity index (χ3v) is 4.17. The molecule has 1 aromatic heterocycles. The number of nitrogens with two attached hydrogens (primary N) is 2. The lowest BCUT2D eigenvalue weighted by Crippen LogP contribution is -2.27. The Morgan fingerprint density at radius 3 is 2.67 bits per heavy atom. The van der Waals surface area contributed by atoms with Crippen LogP contribution in [0.15, 0.2) is 47.2 Å². The molecule has 0 aliphatic heterocycles. The molecule has 0 unspecified atom stereocenters. The molecule has 2 aromatic rings. The van der Waals surface area contributed by atoms with Crippen molar-refractivity contribution in [3.05, 3.63) is 42.2 Å². The smallest absolute Gasteiger partial charge is 0.229 e. The molecule has 0 bridgehead atoms. The first-order chi connectivity index (χ1) is 14.4. The number of carbonyl (C=O) groups excluding carboxylic acids is 1. The monoisotopic (exact) mass is 411 g/mol. The molecule has 1 heterocycles. The molecule has 0 radical (unpaired) electrons. The van der Waals surface area contributed by atoms with Crippen LogP contribution in [-0.2, 0) is 4.79 Å². The van der Waals surface area contributed by atoms with Gasteiger partial charge in [0.1, 0.15) is 11.5 Å². The summed E-state index contributed by atoms with van der Waals surface area (Å²) in [7, 11) is 1.68. The van der Waals surface area contributed by atoms with Crippen LogP contribution in [-0.4, -0.2) is 35.6 Å². The van der Waals surface area contributed by atoms with E-state index in [1.54, 1.807) is 20.2 Å². The van der Waals surface area contributed by atoms with Gasteiger partial charge in [-0.05, 0) is 51.0 Å². The number of hydrogen-bond donors (Lipinski definition) is 3. The standard InChI is InChI=1S/C21H29N7O2/c1-4-16(13-24-3)26-21-25-14-19(22)20(27-21)28(23)17-8-10-18(11-9-17)30-12-6-5-7-15(2)29/h4,8-11,13-14H,5-7,12,22-23H2,1-3H3,(H,25,26,27)/b16-4+,24-13?. The number of unbranched alkanes of at least 4 members (excludes halogenated alkanes) is 1. The van der Waals surface area contributed by atoms with E-state index in [1.807, 2.05) is 37.3 Å². The summed E-state index contributed by atoms with van der Waals surface area (Å²) in [5, 5.41) is 4.45. The number of nitrogen functional groups attached to an aromatic ring is 1. The second-order valence-corrected chi connectivity index (χ2v) is 6.60. The van der Waals surface area contributed by atoms with Gasteiger partial charge in [-0.25, -0.2) is 10.8 Å². The Balaban J connectivity index is 2.04. The number of carbonyl (C=O) groups is 1. The topological polar surface area (TPSA) is 132 Å². The number of nitrogens with zero attached hydrogens (tertiary/aromatic N) is 4. The number of aromatic nitrogens is 2. The van der Waals surface area contributed by atoms with E-state index in [4.69, 9.17) is 16.3 Å². The maximum absolute atomic E-state index is 10.9. The van der Waals surface area contributed by atoms with Crippen molar-refractivity contribution in [3.63, 3.8) is 0 Å². The van der Waals surface area contributed by atoms with E-state index >= 15 is 0 Å². The Morgan fingerprint density at radius 2 is 2.03 bits per heavy atom. The molecule has 9 heteroatoms. The van der Waals surface area contributed by atoms with Gasteiger partial charge >= 0.3 is 0 Å². The highest BCUT2D eigenvalue weighted by atomic mass is 16.5. The highest BCUT2D eigenvalue weighted by Gasteiger charge is 2.13. The number of aliphatic imine (C=N–C) groups is 1. The third-order valence-electron chi connectivity index (χ3n) is 4.17. The lowest BCUT2D eigenvalue weighted by molar-refractivity contribution is -0.117. The van der Waals surface area contributed by atoms with Crippen LogP contribution in [0.3, 0.4) is 0 Å². The lowest BCUT2D eigenvalue weighted by atomic mass is 10.2. The van der Waals surface area contributed by atoms with Crippen molar-refractivity contribution >= 4 is 35.1 Å². The third kappa shape index (κ3) is 6.85. The van der Waals surface area contributed by atoms with Crippen molar-refractivity contribution in [3.8, 4) is 5.75 Å². The molecule has 9 nitrogen and oxygen atoms in total. The number of ether oxygens (including phenoxy) is 1. The van der Waals surface area contributed by atoms with Crippen molar-refractivity contribution < 1.29 is 9.53 Å². The molecule has 0 amide bonds. The summed E-state index contributed by atoms with van der Waals surface area (Å²) in [5.74, 6) is 7.90. The van der Waals surface area contributed by atoms with E-state index in [0.29, 0.717) is 36.2 Å². The Labute approximate surface area is 176 Å². The molecule has 0 saturated carbocycles. The van der Waals surface area contributed by atoms with E-state index < -0.39 is 0 Å². The van der Waals surface area contributed by atoms with E-state index in [9.17, 15) is 4.79 Å². The first-order valence-electron chi connectivity index (χ1n) is 9.69. The van der Waals surface area contributed by atoms with E-state index in [-0.39, 0.29) is 5.78 Å². The first-order valence-corrected chi connectivity index (χ1v) is 9.69. The van der Waals surface area contributed by atoms with Crippen LogP contribution in [0.5, 0.6) is 5.75 Å². The molecule has 0 fully saturated rings. The molecule has 0 aliphatic rings. The Bertz CT molecular complexity index is 895. The minimum atomic E-state index is 0.199. The fraction of sp³-hybridized carbons (Fsp3) is 0.333. The maximum Gasteiger partial charge on any atom is 0.229 e. The second kappa shape index (κ2) is 11.5. The second-order valence-electron chi connectivity index (χ2n) is 6.60. The van der Waals surface area contributed by atoms with Crippen LogP contribution in [0.4, 0.5) is 23.1 Å². The molecular formula is C21H29N7O2. The summed E-state index contributed by atoms with van der Waals surface area (Å²) >= 11 is 0. The van der Waals surface area contributed by atoms with Crippen molar-refractivity contribution in [2.75, 3.05) is 29.7 Å². The number of ketones is 1. The van der Waals surface area contributed by atoms with Crippen LogP contribution in [0, 0.1) is 0 Å². The van der Waals surface area contributed by atoms with Crippen molar-refractivity contribution in [2.24, 2.45) is 10.8 Å². The summed E-state index contributed by atoms with van der Waals surface area (Å²) in [4.78, 5) is 23.5. The molecule has 0 saturated heterocycles. The average molecular weight is 412 g/mol. The zero-order valence-corrected chi connectivity index (χ0v) is 17.6. The van der Waals surface area contributed by atoms with Gasteiger partial charge in [-0.1, -0.05) is 6.08 Å². The number of allylic oxidation sites excluding steroid dienone is 2. The quantitative estimate of drug-likeness (QED) is 0.222. The normalized spacial score (nSPS) is 11.5. The molecule has 5 N–H and O–H groups in total. The molecule has 0 atom stereocenters. The largest absolute Gasteiger partial charge is 0.494 e. The molecule has 1 aromatic carbocycles. The minimum Gasteiger partial charge on any atom is -0.494 e. The van der Waals surface area contributed by atoms with Gasteiger partial charge in [0.25, 0.3) is 0 Å². The van der Waals surface area contributed by atoms with Gasteiger partial charge in [-0.2, -0.15) is 4.98 Å². The number of hydrogen-bond acceptors (Lipinski definition) is 9. The summed E-state index contributed by atoms with van der Waals surface area (Å²) in [6.45, 7) is 4.03. The minimum absolute atomic E-state index is 0.199. The Hall–Kier alpha value is -3.46. The zero-order valence-electron chi connectivity index (χ0n) is 17.6. The molecule has 30 heavy (non-hydrogen) atoms. The SMILES string of the molecule is C/C=C(\C=NC)Nc1ncc(N)c(N(N)c2ccc(OCCCCC(C)=O)cc2)n1. The fourth-order valence-corrected chi connectivity index (χ4v) is 2.57. The molecule has 0 aliphatic carbocycles. The molecule has 2 rings (SSSR count). The van der Waals surface area contributed by atoms with Crippen LogP contribution < -0.4 is 26.6 Å². The van der Waals surface area contributed by atoms with Gasteiger partial charge < -0.3 is 20.6 Å². The highest BCUT2D eigenvalue weighted by molar-refractivity contribution is 5.82. The average Bonchev–Trinajstić information content (AvgIpc) is 2.74. The Morgan fingerprint density at radius 1 is 1.30 bits per heavy atom. The van der Waals surface area contributed by atoms with Crippen molar-refractivity contribution in [1.29, 1.82) is 0 Å². The predicted octanol–water partition coefficient (Wildman–Crippen LogP) is 3.23. The zero-order chi connectivity index (χ0) is 21.9. The van der Waals surface area contributed by atoms with E-state index in [2.05, 4.69) is 20.3 Å². The van der Waals surface area contributed by atoms with E-state index in [0.717, 1.165) is 24.3 Å². The molecular weight excluding hydrogens is 382 g/mol. The van der Waals surface area contributed by atoms with Crippen molar-refractivity contribution in [1.82, 2.24) is 9.97 Å². The van der Waals surface area contributed by atoms with Crippen molar-refractivity contribution in [2.45, 2.75) is 33.1 Å². The number of rotatable bonds is 11.